The molecule has 0 fully saturated rings. The number of nitrogens with one attached hydrogen (secondary N) is 1. The van der Waals surface area contributed by atoms with Crippen molar-refractivity contribution in [1.82, 2.24) is 10.3 Å². The molecule has 1 amide bonds. The summed E-state index contributed by atoms with van der Waals surface area (Å²) in [5, 5.41) is 3.03. The van der Waals surface area contributed by atoms with Crippen LogP contribution in [0.4, 0.5) is 0 Å². The molecular weight excluding hydrogens is 256 g/mol. The van der Waals surface area contributed by atoms with E-state index < -0.39 is 0 Å². The molecule has 2 heterocycles. The summed E-state index contributed by atoms with van der Waals surface area (Å²) >= 11 is 0. The van der Waals surface area contributed by atoms with Crippen molar-refractivity contribution in [2.45, 2.75) is 25.3 Å². The molecule has 5 heteroatoms. The SMILES string of the molecule is COc1ncccc1C(=O)N[C@@H]1CCCc2occc21. The van der Waals surface area contributed by atoms with Crippen LogP contribution in [0.5, 0.6) is 5.88 Å². The molecule has 0 aromatic carbocycles. The Morgan fingerprint density at radius 1 is 1.50 bits per heavy atom. The summed E-state index contributed by atoms with van der Waals surface area (Å²) in [6, 6.07) is 5.36. The third-order valence-electron chi connectivity index (χ3n) is 3.57. The molecule has 0 aliphatic heterocycles. The van der Waals surface area contributed by atoms with Gasteiger partial charge in [-0.15, -0.1) is 0 Å². The third-order valence-corrected chi connectivity index (χ3v) is 3.57. The summed E-state index contributed by atoms with van der Waals surface area (Å²) in [4.78, 5) is 16.4. The predicted molar refractivity (Wildman–Crippen MR) is 72.6 cm³/mol. The van der Waals surface area contributed by atoms with E-state index in [2.05, 4.69) is 10.3 Å². The normalized spacial score (nSPS) is 17.4. The number of hydrogen-bond donors (Lipinski definition) is 1. The smallest absolute Gasteiger partial charge is 0.257 e. The van der Waals surface area contributed by atoms with Gasteiger partial charge in [-0.1, -0.05) is 0 Å². The minimum absolute atomic E-state index is 0.00471. The van der Waals surface area contributed by atoms with E-state index in [0.29, 0.717) is 11.4 Å². The Morgan fingerprint density at radius 3 is 3.25 bits per heavy atom. The van der Waals surface area contributed by atoms with Crippen LogP contribution in [-0.4, -0.2) is 18.0 Å². The topological polar surface area (TPSA) is 64.4 Å². The van der Waals surface area contributed by atoms with Crippen molar-refractivity contribution in [3.05, 3.63) is 47.5 Å². The van der Waals surface area contributed by atoms with E-state index in [0.717, 1.165) is 30.6 Å². The van der Waals surface area contributed by atoms with Crippen molar-refractivity contribution < 1.29 is 13.9 Å². The lowest BCUT2D eigenvalue weighted by molar-refractivity contribution is 0.0928. The number of nitrogens with zero attached hydrogens (tertiary/aromatic N) is 1. The second-order valence-electron chi connectivity index (χ2n) is 4.78. The Morgan fingerprint density at radius 2 is 2.40 bits per heavy atom. The summed E-state index contributed by atoms with van der Waals surface area (Å²) < 4.78 is 10.5. The van der Waals surface area contributed by atoms with Crippen LogP contribution in [0.2, 0.25) is 0 Å². The lowest BCUT2D eigenvalue weighted by atomic mass is 9.93. The zero-order valence-electron chi connectivity index (χ0n) is 11.3. The average Bonchev–Trinajstić information content (AvgIpc) is 2.96. The number of carbonyl (C=O) groups is 1. The van der Waals surface area contributed by atoms with Gasteiger partial charge in [0.25, 0.3) is 5.91 Å². The van der Waals surface area contributed by atoms with Crippen LogP contribution in [0.3, 0.4) is 0 Å². The van der Waals surface area contributed by atoms with Crippen LogP contribution in [0.15, 0.2) is 35.1 Å². The number of rotatable bonds is 3. The van der Waals surface area contributed by atoms with Crippen LogP contribution in [0, 0.1) is 0 Å². The zero-order valence-corrected chi connectivity index (χ0v) is 11.3. The Bertz CT molecular complexity index is 621. The van der Waals surface area contributed by atoms with Gasteiger partial charge in [-0.25, -0.2) is 4.98 Å². The number of furan rings is 1. The van der Waals surface area contributed by atoms with Gasteiger partial charge in [0, 0.05) is 18.2 Å². The van der Waals surface area contributed by atoms with Crippen LogP contribution in [0.1, 0.15) is 40.6 Å². The molecule has 0 unspecified atom stereocenters. The van der Waals surface area contributed by atoms with Crippen LogP contribution in [-0.2, 0) is 6.42 Å². The number of hydrogen-bond acceptors (Lipinski definition) is 4. The van der Waals surface area contributed by atoms with Crippen molar-refractivity contribution in [3.63, 3.8) is 0 Å². The van der Waals surface area contributed by atoms with Crippen molar-refractivity contribution in [2.24, 2.45) is 0 Å². The van der Waals surface area contributed by atoms with Gasteiger partial charge in [0.05, 0.1) is 19.4 Å². The molecule has 3 rings (SSSR count). The van der Waals surface area contributed by atoms with Gasteiger partial charge in [-0.3, -0.25) is 4.79 Å². The molecule has 0 spiro atoms. The minimum Gasteiger partial charge on any atom is -0.480 e. The highest BCUT2D eigenvalue weighted by atomic mass is 16.5. The lowest BCUT2D eigenvalue weighted by Gasteiger charge is -2.23. The fourth-order valence-electron chi connectivity index (χ4n) is 2.60. The maximum absolute atomic E-state index is 12.4. The Hall–Kier alpha value is -2.30. The molecule has 20 heavy (non-hydrogen) atoms. The van der Waals surface area contributed by atoms with Gasteiger partial charge in [-0.05, 0) is 31.0 Å². The molecule has 104 valence electrons. The second kappa shape index (κ2) is 5.36. The number of ether oxygens (including phenoxy) is 1. The number of fused-ring (bicyclic) bond motifs is 1. The summed E-state index contributed by atoms with van der Waals surface area (Å²) in [7, 11) is 1.51. The van der Waals surface area contributed by atoms with Gasteiger partial charge in [0.15, 0.2) is 0 Å². The first kappa shape index (κ1) is 12.7. The molecule has 0 bridgehead atoms. The second-order valence-corrected chi connectivity index (χ2v) is 4.78. The maximum Gasteiger partial charge on any atom is 0.257 e. The van der Waals surface area contributed by atoms with Crippen molar-refractivity contribution in [3.8, 4) is 5.88 Å². The Kier molecular flexibility index (Phi) is 3.41. The number of aryl methyl sites for hydroxylation is 1. The number of amides is 1. The molecule has 2 aromatic heterocycles. The molecule has 0 radical (unpaired) electrons. The first-order valence-electron chi connectivity index (χ1n) is 6.65. The Balaban J connectivity index is 1.81. The first-order valence-corrected chi connectivity index (χ1v) is 6.65. The number of carbonyl (C=O) groups excluding carboxylic acids is 1. The molecule has 5 nitrogen and oxygen atoms in total. The number of aromatic nitrogens is 1. The largest absolute Gasteiger partial charge is 0.480 e. The van der Waals surface area contributed by atoms with E-state index >= 15 is 0 Å². The Labute approximate surface area is 117 Å². The molecule has 1 N–H and O–H groups in total. The fourth-order valence-corrected chi connectivity index (χ4v) is 2.60. The zero-order chi connectivity index (χ0) is 13.9. The van der Waals surface area contributed by atoms with Gasteiger partial charge >= 0.3 is 0 Å². The molecule has 0 saturated carbocycles. The van der Waals surface area contributed by atoms with Gasteiger partial charge < -0.3 is 14.5 Å². The molecule has 2 aromatic rings. The highest BCUT2D eigenvalue weighted by Crippen LogP contribution is 2.30. The average molecular weight is 272 g/mol. The molecule has 1 atom stereocenters. The third kappa shape index (κ3) is 2.27. The van der Waals surface area contributed by atoms with E-state index in [1.54, 1.807) is 24.6 Å². The van der Waals surface area contributed by atoms with Gasteiger partial charge in [-0.2, -0.15) is 0 Å². The van der Waals surface area contributed by atoms with Gasteiger partial charge in [0.2, 0.25) is 5.88 Å². The number of methoxy groups -OCH3 is 1. The van der Waals surface area contributed by atoms with E-state index in [1.807, 2.05) is 6.07 Å². The first-order chi connectivity index (χ1) is 9.79. The highest BCUT2D eigenvalue weighted by molar-refractivity contribution is 5.96. The minimum atomic E-state index is -0.172. The van der Waals surface area contributed by atoms with E-state index in [4.69, 9.17) is 9.15 Å². The summed E-state index contributed by atoms with van der Waals surface area (Å²) in [5.74, 6) is 1.14. The molecular formula is C15H16N2O3. The van der Waals surface area contributed by atoms with E-state index in [9.17, 15) is 4.79 Å². The summed E-state index contributed by atoms with van der Waals surface area (Å²) in [6.45, 7) is 0. The quantitative estimate of drug-likeness (QED) is 0.932. The van der Waals surface area contributed by atoms with Crippen molar-refractivity contribution in [2.75, 3.05) is 7.11 Å². The molecule has 0 saturated heterocycles. The van der Waals surface area contributed by atoms with Crippen LogP contribution < -0.4 is 10.1 Å². The predicted octanol–water partition coefficient (Wildman–Crippen LogP) is 2.49. The van der Waals surface area contributed by atoms with Crippen molar-refractivity contribution >= 4 is 5.91 Å². The highest BCUT2D eigenvalue weighted by Gasteiger charge is 2.25. The molecule has 1 aliphatic carbocycles. The fraction of sp³-hybridized carbons (Fsp3) is 0.333. The van der Waals surface area contributed by atoms with Gasteiger partial charge in [0.1, 0.15) is 11.3 Å². The summed E-state index contributed by atoms with van der Waals surface area (Å²) in [6.07, 6.45) is 6.14. The standard InChI is InChI=1S/C15H16N2O3/c1-19-15-11(4-3-8-16-15)14(18)17-12-5-2-6-13-10(12)7-9-20-13/h3-4,7-9,12H,2,5-6H2,1H3,(H,17,18)/t12-/m1/s1. The molecule has 1 aliphatic rings. The monoisotopic (exact) mass is 272 g/mol. The van der Waals surface area contributed by atoms with E-state index in [-0.39, 0.29) is 11.9 Å². The summed E-state index contributed by atoms with van der Waals surface area (Å²) in [5.41, 5.74) is 1.53. The number of pyridine rings is 1. The lowest BCUT2D eigenvalue weighted by Crippen LogP contribution is -2.30. The van der Waals surface area contributed by atoms with Crippen LogP contribution >= 0.6 is 0 Å². The van der Waals surface area contributed by atoms with Crippen LogP contribution in [0.25, 0.3) is 0 Å². The van der Waals surface area contributed by atoms with Crippen molar-refractivity contribution in [1.29, 1.82) is 0 Å². The van der Waals surface area contributed by atoms with E-state index in [1.165, 1.54) is 7.11 Å². The maximum atomic E-state index is 12.4.